The summed E-state index contributed by atoms with van der Waals surface area (Å²) >= 11 is 6.44. The minimum Gasteiger partial charge on any atom is -0.473 e. The molecule has 1 aromatic carbocycles. The summed E-state index contributed by atoms with van der Waals surface area (Å²) in [6.45, 7) is 4.04. The molecule has 2 aliphatic heterocycles. The molecule has 3 fully saturated rings. The van der Waals surface area contributed by atoms with E-state index in [0.29, 0.717) is 54.1 Å². The first kappa shape index (κ1) is 22.1. The number of carbonyl (C=O) groups excluding carboxylic acids is 1. The average molecular weight is 494 g/mol. The van der Waals surface area contributed by atoms with E-state index in [2.05, 4.69) is 16.0 Å². The molecule has 2 saturated heterocycles. The van der Waals surface area contributed by atoms with Gasteiger partial charge in [0.15, 0.2) is 5.65 Å². The summed E-state index contributed by atoms with van der Waals surface area (Å²) in [5.74, 6) is 0.520. The minimum atomic E-state index is -0.298. The maximum atomic E-state index is 12.7. The summed E-state index contributed by atoms with van der Waals surface area (Å²) in [6.07, 6.45) is 4.79. The second-order valence-electron chi connectivity index (χ2n) is 9.74. The predicted octanol–water partition coefficient (Wildman–Crippen LogP) is 3.96. The molecule has 3 aromatic rings. The number of rotatable bonds is 4. The first-order valence-corrected chi connectivity index (χ1v) is 12.1. The number of carbonyl (C=O) groups is 1. The fourth-order valence-electron chi connectivity index (χ4n) is 4.91. The molecule has 2 aromatic heterocycles. The standard InChI is InChI=1S/C25H24ClN5O4/c1-25(5-6-25)35-24(32)30-10-16-12-33-13-17(11-30)21(16)34-23-18-4-7-31(22(18)28-14-29-23)20-3-2-15(9-27)8-19(20)26/h2-4,7-8,14,16-17,21H,5-6,10-13H2,1H3. The Balaban J connectivity index is 1.25. The van der Waals surface area contributed by atoms with E-state index >= 15 is 0 Å². The van der Waals surface area contributed by atoms with E-state index in [1.807, 2.05) is 23.8 Å². The Morgan fingerprint density at radius 2 is 2.00 bits per heavy atom. The molecule has 1 amide bonds. The van der Waals surface area contributed by atoms with Gasteiger partial charge in [0.2, 0.25) is 5.88 Å². The molecular weight excluding hydrogens is 470 g/mol. The Morgan fingerprint density at radius 3 is 2.69 bits per heavy atom. The van der Waals surface area contributed by atoms with E-state index in [4.69, 9.17) is 31.1 Å². The monoisotopic (exact) mass is 493 g/mol. The largest absolute Gasteiger partial charge is 0.473 e. The number of aromatic nitrogens is 3. The van der Waals surface area contributed by atoms with Crippen LogP contribution in [-0.4, -0.2) is 63.5 Å². The third kappa shape index (κ3) is 4.07. The Kier molecular flexibility index (Phi) is 5.31. The number of likely N-dealkylation sites (tertiary alicyclic amines) is 1. The van der Waals surface area contributed by atoms with Crippen LogP contribution >= 0.6 is 11.6 Å². The van der Waals surface area contributed by atoms with Crippen LogP contribution in [-0.2, 0) is 9.47 Å². The van der Waals surface area contributed by atoms with Gasteiger partial charge in [0.1, 0.15) is 18.0 Å². The SMILES string of the molecule is CC1(OC(=O)N2CC3COCC(C2)C3Oc2ncnc3c2ccn3-c2ccc(C#N)cc2Cl)CC1. The maximum Gasteiger partial charge on any atom is 0.410 e. The number of halogens is 1. The molecule has 0 N–H and O–H groups in total. The quantitative estimate of drug-likeness (QED) is 0.542. The molecule has 1 saturated carbocycles. The normalized spacial score (nSPS) is 24.6. The van der Waals surface area contributed by atoms with Gasteiger partial charge in [-0.05, 0) is 44.0 Å². The number of ether oxygens (including phenoxy) is 3. The van der Waals surface area contributed by atoms with E-state index in [-0.39, 0.29) is 29.6 Å². The van der Waals surface area contributed by atoms with Gasteiger partial charge in [-0.2, -0.15) is 5.26 Å². The molecule has 180 valence electrons. The van der Waals surface area contributed by atoms with Gasteiger partial charge in [-0.3, -0.25) is 4.57 Å². The van der Waals surface area contributed by atoms with Crippen LogP contribution in [0.3, 0.4) is 0 Å². The Bertz CT molecular complexity index is 1330. The van der Waals surface area contributed by atoms with Crippen molar-refractivity contribution in [2.45, 2.75) is 31.5 Å². The number of hydrogen-bond donors (Lipinski definition) is 0. The van der Waals surface area contributed by atoms with Gasteiger partial charge >= 0.3 is 6.09 Å². The van der Waals surface area contributed by atoms with E-state index in [1.165, 1.54) is 6.33 Å². The number of nitrogens with zero attached hydrogens (tertiary/aromatic N) is 5. The summed E-state index contributed by atoms with van der Waals surface area (Å²) in [7, 11) is 0. The molecule has 35 heavy (non-hydrogen) atoms. The van der Waals surface area contributed by atoms with Crippen LogP contribution in [0.25, 0.3) is 16.7 Å². The number of hydrogen-bond acceptors (Lipinski definition) is 7. The van der Waals surface area contributed by atoms with Crippen molar-refractivity contribution in [1.29, 1.82) is 5.26 Å². The fraction of sp³-hybridized carbons (Fsp3) is 0.440. The number of amides is 1. The van der Waals surface area contributed by atoms with Gasteiger partial charge in [-0.1, -0.05) is 11.6 Å². The second kappa shape index (κ2) is 8.40. The molecule has 2 atom stereocenters. The smallest absolute Gasteiger partial charge is 0.410 e. The third-order valence-corrected chi connectivity index (χ3v) is 7.38. The van der Waals surface area contributed by atoms with E-state index in [9.17, 15) is 4.79 Å². The first-order chi connectivity index (χ1) is 16.9. The number of piperidine rings is 1. The highest BCUT2D eigenvalue weighted by Gasteiger charge is 2.47. The maximum absolute atomic E-state index is 12.7. The fourth-order valence-corrected chi connectivity index (χ4v) is 5.18. The van der Waals surface area contributed by atoms with Crippen molar-refractivity contribution in [2.24, 2.45) is 11.8 Å². The van der Waals surface area contributed by atoms with Crippen molar-refractivity contribution in [1.82, 2.24) is 19.4 Å². The molecule has 2 bridgehead atoms. The molecule has 0 radical (unpaired) electrons. The molecule has 1 aliphatic carbocycles. The lowest BCUT2D eigenvalue weighted by Gasteiger charge is -2.46. The Labute approximate surface area is 207 Å². The number of nitriles is 1. The molecule has 3 aliphatic rings. The molecule has 0 spiro atoms. The molecule has 10 heteroatoms. The van der Waals surface area contributed by atoms with Crippen molar-refractivity contribution >= 4 is 28.7 Å². The lowest BCUT2D eigenvalue weighted by Crippen LogP contribution is -2.59. The Hall–Kier alpha value is -3.35. The van der Waals surface area contributed by atoms with Gasteiger partial charge in [0.05, 0.1) is 40.9 Å². The van der Waals surface area contributed by atoms with Crippen LogP contribution in [0.1, 0.15) is 25.3 Å². The van der Waals surface area contributed by atoms with E-state index in [0.717, 1.165) is 18.2 Å². The topological polar surface area (TPSA) is 102 Å². The van der Waals surface area contributed by atoms with Crippen LogP contribution in [0.2, 0.25) is 5.02 Å². The summed E-state index contributed by atoms with van der Waals surface area (Å²) in [5, 5.41) is 10.3. The summed E-state index contributed by atoms with van der Waals surface area (Å²) in [6, 6.07) is 9.13. The van der Waals surface area contributed by atoms with Gasteiger partial charge in [-0.15, -0.1) is 0 Å². The molecule has 2 unspecified atom stereocenters. The van der Waals surface area contributed by atoms with Crippen LogP contribution < -0.4 is 4.74 Å². The third-order valence-electron chi connectivity index (χ3n) is 7.08. The highest BCUT2D eigenvalue weighted by Crippen LogP contribution is 2.40. The molecule has 9 nitrogen and oxygen atoms in total. The summed E-state index contributed by atoms with van der Waals surface area (Å²) in [4.78, 5) is 23.4. The van der Waals surface area contributed by atoms with Crippen molar-refractivity contribution < 1.29 is 19.0 Å². The van der Waals surface area contributed by atoms with E-state index in [1.54, 1.807) is 23.1 Å². The molecule has 4 heterocycles. The van der Waals surface area contributed by atoms with Gasteiger partial charge < -0.3 is 19.1 Å². The highest BCUT2D eigenvalue weighted by molar-refractivity contribution is 6.32. The first-order valence-electron chi connectivity index (χ1n) is 11.7. The van der Waals surface area contributed by atoms with Crippen LogP contribution in [0.4, 0.5) is 4.79 Å². The van der Waals surface area contributed by atoms with E-state index < -0.39 is 0 Å². The zero-order chi connectivity index (χ0) is 24.2. The lowest BCUT2D eigenvalue weighted by molar-refractivity contribution is -0.111. The zero-order valence-corrected chi connectivity index (χ0v) is 19.9. The Morgan fingerprint density at radius 1 is 1.23 bits per heavy atom. The van der Waals surface area contributed by atoms with Crippen LogP contribution in [0.5, 0.6) is 5.88 Å². The molecule has 6 rings (SSSR count). The van der Waals surface area contributed by atoms with Crippen molar-refractivity contribution in [2.75, 3.05) is 26.3 Å². The van der Waals surface area contributed by atoms with Crippen LogP contribution in [0, 0.1) is 23.2 Å². The lowest BCUT2D eigenvalue weighted by atomic mass is 9.84. The van der Waals surface area contributed by atoms with Gasteiger partial charge in [0, 0.05) is 31.1 Å². The minimum absolute atomic E-state index is 0.0159. The van der Waals surface area contributed by atoms with Crippen LogP contribution in [0.15, 0.2) is 36.8 Å². The summed E-state index contributed by atoms with van der Waals surface area (Å²) in [5.41, 5.74) is 1.56. The summed E-state index contributed by atoms with van der Waals surface area (Å²) < 4.78 is 19.8. The number of benzene rings is 1. The zero-order valence-electron chi connectivity index (χ0n) is 19.2. The highest BCUT2D eigenvalue weighted by atomic mass is 35.5. The van der Waals surface area contributed by atoms with Crippen molar-refractivity contribution in [3.63, 3.8) is 0 Å². The predicted molar refractivity (Wildman–Crippen MR) is 126 cm³/mol. The van der Waals surface area contributed by atoms with Gasteiger partial charge in [0.25, 0.3) is 0 Å². The van der Waals surface area contributed by atoms with Gasteiger partial charge in [-0.25, -0.2) is 14.8 Å². The van der Waals surface area contributed by atoms with Crippen molar-refractivity contribution in [3.8, 4) is 17.6 Å². The van der Waals surface area contributed by atoms with Crippen molar-refractivity contribution in [3.05, 3.63) is 47.4 Å². The second-order valence-corrected chi connectivity index (χ2v) is 10.1. The molecular formula is C25H24ClN5O4. The average Bonchev–Trinajstić information content (AvgIpc) is 3.40. The number of fused-ring (bicyclic) bond motifs is 3.